The van der Waals surface area contributed by atoms with Crippen molar-refractivity contribution in [3.8, 4) is 11.5 Å². The molecule has 0 radical (unpaired) electrons. The van der Waals surface area contributed by atoms with Gasteiger partial charge in [-0.05, 0) is 54.1 Å². The van der Waals surface area contributed by atoms with Crippen molar-refractivity contribution in [3.63, 3.8) is 0 Å². The maximum Gasteiger partial charge on any atom is 0.358 e. The second kappa shape index (κ2) is 8.35. The summed E-state index contributed by atoms with van der Waals surface area (Å²) in [7, 11) is 3.27. The van der Waals surface area contributed by atoms with Crippen molar-refractivity contribution in [2.24, 2.45) is 0 Å². The number of carbonyl (C=O) groups is 1. The van der Waals surface area contributed by atoms with Crippen molar-refractivity contribution >= 4 is 11.8 Å². The van der Waals surface area contributed by atoms with Crippen molar-refractivity contribution < 1.29 is 23.4 Å². The molecule has 5 nitrogen and oxygen atoms in total. The first-order valence-electron chi connectivity index (χ1n) is 10.5. The summed E-state index contributed by atoms with van der Waals surface area (Å²) in [5.74, 6) is 1.60. The van der Waals surface area contributed by atoms with Crippen LogP contribution in [0.15, 0.2) is 90.0 Å². The number of carbonyl (C=O) groups excluding carboxylic acids is 2. The van der Waals surface area contributed by atoms with Gasteiger partial charge in [0.15, 0.2) is 0 Å². The Morgan fingerprint density at radius 3 is 2.00 bits per heavy atom. The van der Waals surface area contributed by atoms with Crippen molar-refractivity contribution in [1.82, 2.24) is 0 Å². The molecule has 5 heteroatoms. The lowest BCUT2D eigenvalue weighted by Crippen LogP contribution is -2.25. The van der Waals surface area contributed by atoms with Gasteiger partial charge in [0.25, 0.3) is 0 Å². The Balaban J connectivity index is 1.70. The van der Waals surface area contributed by atoms with Crippen molar-refractivity contribution in [1.29, 1.82) is 0 Å². The molecule has 0 saturated carbocycles. The topological polar surface area (TPSA) is 56.1 Å². The molecule has 2 aliphatic rings. The van der Waals surface area contributed by atoms with Crippen LogP contribution in [-0.4, -0.2) is 32.6 Å². The Morgan fingerprint density at radius 1 is 0.812 bits per heavy atom. The molecule has 0 bridgehead atoms. The zero-order chi connectivity index (χ0) is 22.1. The number of ketones is 1. The number of esters is 1. The quantitative estimate of drug-likeness (QED) is 0.433. The van der Waals surface area contributed by atoms with Gasteiger partial charge in [-0.15, -0.1) is 0 Å². The summed E-state index contributed by atoms with van der Waals surface area (Å²) in [5, 5.41) is 0. The van der Waals surface area contributed by atoms with Crippen LogP contribution in [-0.2, 0) is 9.53 Å². The van der Waals surface area contributed by atoms with Crippen LogP contribution in [0.1, 0.15) is 33.1 Å². The molecular formula is C27H23O5+. The average molecular weight is 427 g/mol. The summed E-state index contributed by atoms with van der Waals surface area (Å²) in [5.41, 5.74) is 4.30. The first kappa shape index (κ1) is 20.1. The fourth-order valence-electron chi connectivity index (χ4n) is 4.38. The second-order valence-corrected chi connectivity index (χ2v) is 7.73. The van der Waals surface area contributed by atoms with Crippen LogP contribution in [0.5, 0.6) is 11.5 Å². The Bertz CT molecular complexity index is 1190. The van der Waals surface area contributed by atoms with Crippen molar-refractivity contribution in [2.45, 2.75) is 12.0 Å². The number of cyclic esters (lactones) is 1. The molecule has 0 N–H and O–H groups in total. The van der Waals surface area contributed by atoms with Gasteiger partial charge in [-0.1, -0.05) is 30.3 Å². The molecule has 0 aliphatic carbocycles. The van der Waals surface area contributed by atoms with E-state index in [4.69, 9.17) is 18.6 Å². The summed E-state index contributed by atoms with van der Waals surface area (Å²) in [6.07, 6.45) is -0.408. The van der Waals surface area contributed by atoms with Gasteiger partial charge < -0.3 is 14.2 Å². The maximum atomic E-state index is 13.0. The van der Waals surface area contributed by atoms with Crippen LogP contribution in [0.2, 0.25) is 0 Å². The Hall–Kier alpha value is -3.86. The number of benzene rings is 3. The van der Waals surface area contributed by atoms with Gasteiger partial charge in [0.2, 0.25) is 0 Å². The standard InChI is InChI=1S/C27H23O5/c1-29-20-12-8-17(9-13-20)23-24-22(16-31-27(24)28)25(18-6-4-3-5-7-18)32-26(23)19-10-14-21(30-2)15-11-19/h3-15,23,26H,16H2,1-2H3/q+1. The monoisotopic (exact) mass is 427 g/mol. The van der Waals surface area contributed by atoms with Gasteiger partial charge in [-0.25, -0.2) is 9.22 Å². The molecule has 2 aliphatic heterocycles. The van der Waals surface area contributed by atoms with E-state index >= 15 is 0 Å². The van der Waals surface area contributed by atoms with Gasteiger partial charge in [0.1, 0.15) is 29.6 Å². The first-order valence-corrected chi connectivity index (χ1v) is 10.5. The minimum absolute atomic E-state index is 0.209. The molecule has 5 rings (SSSR count). The summed E-state index contributed by atoms with van der Waals surface area (Å²) in [4.78, 5) is 13.0. The lowest BCUT2D eigenvalue weighted by Gasteiger charge is -2.22. The Labute approximate surface area is 186 Å². The summed E-state index contributed by atoms with van der Waals surface area (Å²) < 4.78 is 22.8. The van der Waals surface area contributed by atoms with E-state index in [9.17, 15) is 4.79 Å². The Kier molecular flexibility index (Phi) is 5.23. The third kappa shape index (κ3) is 3.46. The molecule has 0 fully saturated rings. The molecule has 2 unspecified atom stereocenters. The number of rotatable bonds is 5. The molecule has 2 atom stereocenters. The number of hydrogen-bond donors (Lipinski definition) is 0. The lowest BCUT2D eigenvalue weighted by molar-refractivity contribution is -0.339. The average Bonchev–Trinajstić information content (AvgIpc) is 3.25. The molecule has 2 heterocycles. The second-order valence-electron chi connectivity index (χ2n) is 7.73. The van der Waals surface area contributed by atoms with Crippen LogP contribution in [0.3, 0.4) is 0 Å². The van der Waals surface area contributed by atoms with Crippen molar-refractivity contribution in [3.05, 3.63) is 107 Å². The summed E-state index contributed by atoms with van der Waals surface area (Å²) in [6.45, 7) is 0.209. The van der Waals surface area contributed by atoms with Gasteiger partial charge in [0, 0.05) is 0 Å². The highest BCUT2D eigenvalue weighted by molar-refractivity contribution is 6.16. The van der Waals surface area contributed by atoms with Crippen LogP contribution < -0.4 is 9.47 Å². The smallest absolute Gasteiger partial charge is 0.358 e. The van der Waals surface area contributed by atoms with E-state index in [1.807, 2.05) is 78.9 Å². The molecule has 32 heavy (non-hydrogen) atoms. The van der Waals surface area contributed by atoms with Gasteiger partial charge >= 0.3 is 17.9 Å². The zero-order valence-electron chi connectivity index (χ0n) is 17.9. The largest absolute Gasteiger partial charge is 0.497 e. The van der Waals surface area contributed by atoms with E-state index < -0.39 is 6.10 Å². The molecule has 160 valence electrons. The number of hydrogen-bond acceptors (Lipinski definition) is 4. The predicted octanol–water partition coefficient (Wildman–Crippen LogP) is 4.81. The minimum atomic E-state index is -0.408. The highest BCUT2D eigenvalue weighted by atomic mass is 16.5. The highest BCUT2D eigenvalue weighted by Gasteiger charge is 2.51. The van der Waals surface area contributed by atoms with Crippen LogP contribution in [0.25, 0.3) is 0 Å². The summed E-state index contributed by atoms with van der Waals surface area (Å²) >= 11 is 0. The number of methoxy groups -OCH3 is 2. The van der Waals surface area contributed by atoms with E-state index in [2.05, 4.69) is 0 Å². The molecule has 0 amide bonds. The van der Waals surface area contributed by atoms with E-state index in [1.54, 1.807) is 14.2 Å². The van der Waals surface area contributed by atoms with E-state index in [0.717, 1.165) is 33.8 Å². The fraction of sp³-hybridized carbons (Fsp3) is 0.185. The SMILES string of the molecule is COc1ccc(C2[O+]=C(c3ccccc3)C3=C(C(=O)OC3)C2c2ccc(OC)cc2)cc1. The van der Waals surface area contributed by atoms with E-state index in [0.29, 0.717) is 11.4 Å². The third-order valence-corrected chi connectivity index (χ3v) is 5.98. The van der Waals surface area contributed by atoms with Gasteiger partial charge in [0.05, 0.1) is 30.9 Å². The Morgan fingerprint density at radius 2 is 1.41 bits per heavy atom. The highest BCUT2D eigenvalue weighted by Crippen LogP contribution is 2.47. The number of ether oxygens (including phenoxy) is 3. The summed E-state index contributed by atoms with van der Waals surface area (Å²) in [6, 6.07) is 25.4. The van der Waals surface area contributed by atoms with Crippen LogP contribution >= 0.6 is 0 Å². The molecule has 3 aromatic carbocycles. The van der Waals surface area contributed by atoms with Gasteiger partial charge in [-0.2, -0.15) is 0 Å². The zero-order valence-corrected chi connectivity index (χ0v) is 17.9. The molecule has 0 spiro atoms. The fourth-order valence-corrected chi connectivity index (χ4v) is 4.38. The van der Waals surface area contributed by atoms with Crippen LogP contribution in [0.4, 0.5) is 0 Å². The molecule has 0 aromatic heterocycles. The predicted molar refractivity (Wildman–Crippen MR) is 120 cm³/mol. The van der Waals surface area contributed by atoms with E-state index in [1.165, 1.54) is 0 Å². The normalized spacial score (nSPS) is 19.8. The third-order valence-electron chi connectivity index (χ3n) is 5.98. The lowest BCUT2D eigenvalue weighted by atomic mass is 9.79. The van der Waals surface area contributed by atoms with E-state index in [-0.39, 0.29) is 18.5 Å². The maximum absolute atomic E-state index is 13.0. The molecule has 3 aromatic rings. The van der Waals surface area contributed by atoms with Gasteiger partial charge in [-0.3, -0.25) is 0 Å². The van der Waals surface area contributed by atoms with Crippen LogP contribution in [0, 0.1) is 0 Å². The molecular weight excluding hydrogens is 404 g/mol. The molecule has 0 saturated heterocycles. The van der Waals surface area contributed by atoms with Crippen molar-refractivity contribution in [2.75, 3.05) is 20.8 Å². The minimum Gasteiger partial charge on any atom is -0.497 e. The first-order chi connectivity index (χ1) is 15.7.